The molecule has 0 aliphatic heterocycles. The maximum atomic E-state index is 12.8. The predicted octanol–water partition coefficient (Wildman–Crippen LogP) is 4.86. The molecule has 7 heteroatoms. The van der Waals surface area contributed by atoms with Gasteiger partial charge in [0.2, 0.25) is 0 Å². The van der Waals surface area contributed by atoms with Gasteiger partial charge < -0.3 is 15.4 Å². The van der Waals surface area contributed by atoms with E-state index in [1.807, 2.05) is 12.1 Å². The summed E-state index contributed by atoms with van der Waals surface area (Å²) in [6.45, 7) is -0.0820. The van der Waals surface area contributed by atoms with Crippen molar-refractivity contribution in [2.45, 2.75) is 0 Å². The van der Waals surface area contributed by atoms with E-state index >= 15 is 0 Å². The molecule has 0 fully saturated rings. The van der Waals surface area contributed by atoms with E-state index in [0.29, 0.717) is 32.7 Å². The molecule has 3 aromatic carbocycles. The van der Waals surface area contributed by atoms with Crippen molar-refractivity contribution in [1.29, 1.82) is 5.26 Å². The molecule has 144 valence electrons. The average Bonchev–Trinajstić information content (AvgIpc) is 2.73. The first kappa shape index (κ1) is 20.1. The normalized spacial score (nSPS) is 9.93. The van der Waals surface area contributed by atoms with Crippen LogP contribution in [0.4, 0.5) is 11.4 Å². The number of nitrogens with zero attached hydrogens (tertiary/aromatic N) is 1. The van der Waals surface area contributed by atoms with Crippen molar-refractivity contribution in [1.82, 2.24) is 0 Å². The molecular weight excluding hydrogens is 434 g/mol. The molecule has 0 saturated carbocycles. The summed E-state index contributed by atoms with van der Waals surface area (Å²) in [4.78, 5) is 25.4. The molecule has 3 rings (SSSR count). The molecule has 0 radical (unpaired) electrons. The molecule has 0 atom stereocenters. The Labute approximate surface area is 176 Å². The Balaban J connectivity index is 1.78. The topological polar surface area (TPSA) is 91.2 Å². The molecule has 29 heavy (non-hydrogen) atoms. The third kappa shape index (κ3) is 5.21. The smallest absolute Gasteiger partial charge is 0.257 e. The monoisotopic (exact) mass is 449 g/mol. The molecule has 0 bridgehead atoms. The summed E-state index contributed by atoms with van der Waals surface area (Å²) < 4.78 is 5.91. The minimum Gasteiger partial charge on any atom is -0.479 e. The maximum absolute atomic E-state index is 12.8. The van der Waals surface area contributed by atoms with Crippen molar-refractivity contribution < 1.29 is 14.3 Å². The quantitative estimate of drug-likeness (QED) is 0.562. The first-order valence-electron chi connectivity index (χ1n) is 8.64. The SMILES string of the molecule is N#CCOc1cccc(NC(=O)c2ccccc2NC(=O)c2ccccc2Br)c1. The summed E-state index contributed by atoms with van der Waals surface area (Å²) in [7, 11) is 0. The van der Waals surface area contributed by atoms with Crippen LogP contribution in [0.1, 0.15) is 20.7 Å². The molecule has 0 saturated heterocycles. The van der Waals surface area contributed by atoms with Gasteiger partial charge in [0.05, 0.1) is 16.8 Å². The molecule has 3 aromatic rings. The number of para-hydroxylation sites is 1. The molecule has 6 nitrogen and oxygen atoms in total. The zero-order valence-corrected chi connectivity index (χ0v) is 16.8. The van der Waals surface area contributed by atoms with E-state index in [1.54, 1.807) is 66.7 Å². The van der Waals surface area contributed by atoms with Gasteiger partial charge in [-0.1, -0.05) is 30.3 Å². The van der Waals surface area contributed by atoms with Crippen LogP contribution in [0.25, 0.3) is 0 Å². The number of hydrogen-bond donors (Lipinski definition) is 2. The molecule has 0 aliphatic rings. The minimum absolute atomic E-state index is 0.0820. The molecule has 0 unspecified atom stereocenters. The largest absolute Gasteiger partial charge is 0.479 e. The molecule has 0 spiro atoms. The Morgan fingerprint density at radius 3 is 2.34 bits per heavy atom. The highest BCUT2D eigenvalue weighted by molar-refractivity contribution is 9.10. The highest BCUT2D eigenvalue weighted by atomic mass is 79.9. The fourth-order valence-corrected chi connectivity index (χ4v) is 3.07. The lowest BCUT2D eigenvalue weighted by Crippen LogP contribution is -2.18. The fraction of sp³-hybridized carbons (Fsp3) is 0.0455. The van der Waals surface area contributed by atoms with Crippen molar-refractivity contribution in [3.05, 3.63) is 88.4 Å². The van der Waals surface area contributed by atoms with Gasteiger partial charge in [0.1, 0.15) is 11.8 Å². The summed E-state index contributed by atoms with van der Waals surface area (Å²) in [5, 5.41) is 14.2. The zero-order chi connectivity index (χ0) is 20.6. The van der Waals surface area contributed by atoms with Crippen LogP contribution < -0.4 is 15.4 Å². The molecule has 0 aromatic heterocycles. The Morgan fingerprint density at radius 2 is 1.59 bits per heavy atom. The highest BCUT2D eigenvalue weighted by Crippen LogP contribution is 2.22. The summed E-state index contributed by atoms with van der Waals surface area (Å²) >= 11 is 3.35. The lowest BCUT2D eigenvalue weighted by Gasteiger charge is -2.12. The fourth-order valence-electron chi connectivity index (χ4n) is 2.60. The van der Waals surface area contributed by atoms with Crippen molar-refractivity contribution in [2.24, 2.45) is 0 Å². The van der Waals surface area contributed by atoms with E-state index in [-0.39, 0.29) is 18.4 Å². The maximum Gasteiger partial charge on any atom is 0.257 e. The Hall–Kier alpha value is -3.63. The summed E-state index contributed by atoms with van der Waals surface area (Å²) in [6.07, 6.45) is 0. The van der Waals surface area contributed by atoms with E-state index in [4.69, 9.17) is 10.00 Å². The molecular formula is C22H16BrN3O3. The number of nitriles is 1. The summed E-state index contributed by atoms with van der Waals surface area (Å²) in [6, 6.07) is 22.4. The first-order valence-corrected chi connectivity index (χ1v) is 9.44. The second-order valence-electron chi connectivity index (χ2n) is 5.91. The van der Waals surface area contributed by atoms with Gasteiger partial charge in [-0.3, -0.25) is 9.59 Å². The molecule has 2 amide bonds. The van der Waals surface area contributed by atoms with Crippen LogP contribution in [0.2, 0.25) is 0 Å². The number of amides is 2. The number of hydrogen-bond acceptors (Lipinski definition) is 4. The Morgan fingerprint density at radius 1 is 0.897 bits per heavy atom. The van der Waals surface area contributed by atoms with Gasteiger partial charge in [0.15, 0.2) is 6.61 Å². The van der Waals surface area contributed by atoms with E-state index in [9.17, 15) is 9.59 Å². The number of benzene rings is 3. The minimum atomic E-state index is -0.384. The lowest BCUT2D eigenvalue weighted by atomic mass is 10.1. The molecule has 0 aliphatic carbocycles. The second kappa shape index (κ2) is 9.53. The van der Waals surface area contributed by atoms with Crippen molar-refractivity contribution in [3.8, 4) is 11.8 Å². The average molecular weight is 450 g/mol. The van der Waals surface area contributed by atoms with Crippen LogP contribution in [0.3, 0.4) is 0 Å². The van der Waals surface area contributed by atoms with E-state index in [1.165, 1.54) is 0 Å². The Bertz CT molecular complexity index is 1090. The van der Waals surface area contributed by atoms with Gasteiger partial charge in [-0.15, -0.1) is 0 Å². The third-order valence-corrected chi connectivity index (χ3v) is 4.63. The molecule has 0 heterocycles. The predicted molar refractivity (Wildman–Crippen MR) is 114 cm³/mol. The summed E-state index contributed by atoms with van der Waals surface area (Å²) in [5.74, 6) is -0.241. The van der Waals surface area contributed by atoms with Crippen LogP contribution in [-0.4, -0.2) is 18.4 Å². The number of carbonyl (C=O) groups excluding carboxylic acids is 2. The third-order valence-electron chi connectivity index (χ3n) is 3.93. The second-order valence-corrected chi connectivity index (χ2v) is 6.76. The van der Waals surface area contributed by atoms with E-state index < -0.39 is 0 Å². The number of nitrogens with one attached hydrogen (secondary N) is 2. The van der Waals surface area contributed by atoms with Crippen LogP contribution >= 0.6 is 15.9 Å². The van der Waals surface area contributed by atoms with Crippen molar-refractivity contribution >= 4 is 39.1 Å². The van der Waals surface area contributed by atoms with Gasteiger partial charge in [-0.05, 0) is 52.3 Å². The van der Waals surface area contributed by atoms with Crippen molar-refractivity contribution in [2.75, 3.05) is 17.2 Å². The first-order chi connectivity index (χ1) is 14.1. The number of carbonyl (C=O) groups is 2. The van der Waals surface area contributed by atoms with Crippen LogP contribution in [0.15, 0.2) is 77.3 Å². The van der Waals surface area contributed by atoms with Crippen LogP contribution in [-0.2, 0) is 0 Å². The van der Waals surface area contributed by atoms with E-state index in [0.717, 1.165) is 0 Å². The number of ether oxygens (including phenoxy) is 1. The standard InChI is InChI=1S/C22H16BrN3O3/c23-19-10-3-1-8-17(19)21(27)26-20-11-4-2-9-18(20)22(28)25-15-6-5-7-16(14-15)29-13-12-24/h1-11,14H,13H2,(H,25,28)(H,26,27). The van der Waals surface area contributed by atoms with Crippen molar-refractivity contribution in [3.63, 3.8) is 0 Å². The molecule has 2 N–H and O–H groups in total. The van der Waals surface area contributed by atoms with Crippen LogP contribution in [0.5, 0.6) is 5.75 Å². The van der Waals surface area contributed by atoms with Crippen LogP contribution in [0, 0.1) is 11.3 Å². The van der Waals surface area contributed by atoms with Gasteiger partial charge in [0, 0.05) is 16.2 Å². The number of rotatable bonds is 6. The van der Waals surface area contributed by atoms with Gasteiger partial charge in [0.25, 0.3) is 11.8 Å². The Kier molecular flexibility index (Phi) is 6.61. The van der Waals surface area contributed by atoms with Gasteiger partial charge in [-0.2, -0.15) is 5.26 Å². The number of anilines is 2. The summed E-state index contributed by atoms with van der Waals surface area (Å²) in [5.41, 5.74) is 1.68. The lowest BCUT2D eigenvalue weighted by molar-refractivity contribution is 0.102. The number of halogens is 1. The van der Waals surface area contributed by atoms with Gasteiger partial charge >= 0.3 is 0 Å². The zero-order valence-electron chi connectivity index (χ0n) is 15.2. The van der Waals surface area contributed by atoms with E-state index in [2.05, 4.69) is 26.6 Å². The van der Waals surface area contributed by atoms with Gasteiger partial charge in [-0.25, -0.2) is 0 Å². The highest BCUT2D eigenvalue weighted by Gasteiger charge is 2.15.